The molecule has 1 saturated heterocycles. The summed E-state index contributed by atoms with van der Waals surface area (Å²) in [4.78, 5) is 2.60. The van der Waals surface area contributed by atoms with Crippen molar-refractivity contribution in [1.82, 2.24) is 4.90 Å². The Hall–Kier alpha value is -0.0400. The van der Waals surface area contributed by atoms with E-state index in [-0.39, 0.29) is 0 Å². The largest absolute Gasteiger partial charge is 0.300 e. The highest BCUT2D eigenvalue weighted by molar-refractivity contribution is 4.79. The highest BCUT2D eigenvalue weighted by Gasteiger charge is 2.24. The summed E-state index contributed by atoms with van der Waals surface area (Å²) in [7, 11) is 0. The van der Waals surface area contributed by atoms with E-state index >= 15 is 0 Å². The lowest BCUT2D eigenvalue weighted by Crippen LogP contribution is -2.27. The fourth-order valence-corrected chi connectivity index (χ4v) is 1.99. The lowest BCUT2D eigenvalue weighted by atomic mass is 10.1. The van der Waals surface area contributed by atoms with Gasteiger partial charge in [0.05, 0.1) is 0 Å². The Morgan fingerprint density at radius 2 is 2.10 bits per heavy atom. The maximum atomic E-state index is 2.60. The van der Waals surface area contributed by atoms with Crippen molar-refractivity contribution in [3.05, 3.63) is 0 Å². The van der Waals surface area contributed by atoms with E-state index in [1.165, 1.54) is 25.9 Å². The third-order valence-corrected chi connectivity index (χ3v) is 2.42. The quantitative estimate of drug-likeness (QED) is 0.569. The Bertz CT molecular complexity index is 101. The molecule has 0 aliphatic carbocycles. The number of hydrogen-bond donors (Lipinski definition) is 0. The van der Waals surface area contributed by atoms with Crippen LogP contribution in [0.2, 0.25) is 0 Å². The predicted octanol–water partition coefficient (Wildman–Crippen LogP) is 2.13. The second kappa shape index (κ2) is 3.38. The summed E-state index contributed by atoms with van der Waals surface area (Å²) in [5.74, 6) is 0.932. The number of rotatable bonds is 2. The topological polar surface area (TPSA) is 3.24 Å². The van der Waals surface area contributed by atoms with Gasteiger partial charge in [0, 0.05) is 12.6 Å². The van der Waals surface area contributed by atoms with Crippen molar-refractivity contribution in [1.29, 1.82) is 0 Å². The first-order chi connectivity index (χ1) is 4.74. The Morgan fingerprint density at radius 3 is 2.50 bits per heavy atom. The predicted molar refractivity (Wildman–Crippen MR) is 45.1 cm³/mol. The number of hydrogen-bond acceptors (Lipinski definition) is 1. The zero-order valence-electron chi connectivity index (χ0n) is 7.43. The van der Waals surface area contributed by atoms with E-state index in [4.69, 9.17) is 0 Å². The Morgan fingerprint density at radius 1 is 1.40 bits per heavy atom. The highest BCUT2D eigenvalue weighted by Crippen LogP contribution is 2.21. The van der Waals surface area contributed by atoms with Crippen molar-refractivity contribution >= 4 is 0 Å². The lowest BCUT2D eigenvalue weighted by molar-refractivity contribution is 0.266. The van der Waals surface area contributed by atoms with Crippen LogP contribution < -0.4 is 0 Å². The molecule has 1 fully saturated rings. The summed E-state index contributed by atoms with van der Waals surface area (Å²) in [6.45, 7) is 9.58. The molecule has 10 heavy (non-hydrogen) atoms. The van der Waals surface area contributed by atoms with Gasteiger partial charge in [-0.15, -0.1) is 0 Å². The Kier molecular flexibility index (Phi) is 2.72. The first kappa shape index (κ1) is 8.06. The fraction of sp³-hybridized carbons (Fsp3) is 1.00. The van der Waals surface area contributed by atoms with Gasteiger partial charge in [0.15, 0.2) is 0 Å². The first-order valence-corrected chi connectivity index (χ1v) is 4.48. The smallest absolute Gasteiger partial charge is 0.00700 e. The van der Waals surface area contributed by atoms with E-state index in [0.717, 1.165) is 12.0 Å². The molecule has 60 valence electrons. The molecule has 0 bridgehead atoms. The van der Waals surface area contributed by atoms with Crippen molar-refractivity contribution in [3.8, 4) is 0 Å². The third-order valence-electron chi connectivity index (χ3n) is 2.42. The maximum absolute atomic E-state index is 2.60. The van der Waals surface area contributed by atoms with Crippen LogP contribution in [0.4, 0.5) is 0 Å². The molecule has 0 radical (unpaired) electrons. The van der Waals surface area contributed by atoms with Gasteiger partial charge in [-0.1, -0.05) is 13.8 Å². The molecule has 1 heteroatoms. The van der Waals surface area contributed by atoms with Gasteiger partial charge in [-0.3, -0.25) is 0 Å². The zero-order chi connectivity index (χ0) is 7.56. The molecule has 2 atom stereocenters. The van der Waals surface area contributed by atoms with Crippen LogP contribution in [-0.2, 0) is 0 Å². The summed E-state index contributed by atoms with van der Waals surface area (Å²) in [6.07, 6.45) is 2.71. The summed E-state index contributed by atoms with van der Waals surface area (Å²) < 4.78 is 0. The molecule has 1 rings (SSSR count). The molecule has 1 aliphatic heterocycles. The molecule has 1 heterocycles. The summed E-state index contributed by atoms with van der Waals surface area (Å²) in [6, 6.07) is 0.843. The molecule has 0 aromatic heterocycles. The van der Waals surface area contributed by atoms with Crippen LogP contribution in [0.1, 0.15) is 33.6 Å². The van der Waals surface area contributed by atoms with Crippen molar-refractivity contribution < 1.29 is 0 Å². The van der Waals surface area contributed by atoms with Gasteiger partial charge < -0.3 is 4.90 Å². The fourth-order valence-electron chi connectivity index (χ4n) is 1.99. The Balaban J connectivity index is 2.31. The molecule has 1 unspecified atom stereocenters. The first-order valence-electron chi connectivity index (χ1n) is 4.48. The van der Waals surface area contributed by atoms with Gasteiger partial charge in [-0.05, 0) is 32.2 Å². The molecule has 0 N–H and O–H groups in total. The van der Waals surface area contributed by atoms with E-state index in [1.54, 1.807) is 0 Å². The standard InChI is InChI=1S/C9H19N/c1-4-5-10-7-8(2)6-9(10)3/h8-9H,4-7H2,1-3H3/t8?,9-/m1/s1. The highest BCUT2D eigenvalue weighted by atomic mass is 15.2. The van der Waals surface area contributed by atoms with Crippen LogP contribution in [0.3, 0.4) is 0 Å². The van der Waals surface area contributed by atoms with Gasteiger partial charge in [-0.2, -0.15) is 0 Å². The van der Waals surface area contributed by atoms with Gasteiger partial charge in [0.25, 0.3) is 0 Å². The molecule has 0 spiro atoms. The van der Waals surface area contributed by atoms with Crippen LogP contribution in [0.5, 0.6) is 0 Å². The zero-order valence-corrected chi connectivity index (χ0v) is 7.43. The van der Waals surface area contributed by atoms with E-state index in [1.807, 2.05) is 0 Å². The van der Waals surface area contributed by atoms with Gasteiger partial charge in [-0.25, -0.2) is 0 Å². The van der Waals surface area contributed by atoms with E-state index < -0.39 is 0 Å². The van der Waals surface area contributed by atoms with E-state index in [0.29, 0.717) is 0 Å². The van der Waals surface area contributed by atoms with Gasteiger partial charge >= 0.3 is 0 Å². The molecule has 0 saturated carbocycles. The van der Waals surface area contributed by atoms with Crippen molar-refractivity contribution in [3.63, 3.8) is 0 Å². The molecule has 1 aliphatic rings. The second-order valence-electron chi connectivity index (χ2n) is 3.68. The minimum atomic E-state index is 0.843. The third kappa shape index (κ3) is 1.72. The Labute approximate surface area is 64.4 Å². The van der Waals surface area contributed by atoms with Crippen LogP contribution in [0.25, 0.3) is 0 Å². The number of likely N-dealkylation sites (tertiary alicyclic amines) is 1. The van der Waals surface area contributed by atoms with Crippen molar-refractivity contribution in [2.45, 2.75) is 39.7 Å². The number of nitrogens with zero attached hydrogens (tertiary/aromatic N) is 1. The van der Waals surface area contributed by atoms with Gasteiger partial charge in [0.2, 0.25) is 0 Å². The average Bonchev–Trinajstić information content (AvgIpc) is 2.13. The normalized spacial score (nSPS) is 35.1. The second-order valence-corrected chi connectivity index (χ2v) is 3.68. The molecule has 0 aromatic carbocycles. The van der Waals surface area contributed by atoms with Crippen LogP contribution in [-0.4, -0.2) is 24.0 Å². The van der Waals surface area contributed by atoms with Crippen LogP contribution in [0.15, 0.2) is 0 Å². The molecule has 0 amide bonds. The average molecular weight is 141 g/mol. The minimum absolute atomic E-state index is 0.843. The molecule has 0 aromatic rings. The molecular formula is C9H19N. The summed E-state index contributed by atoms with van der Waals surface area (Å²) in [5.41, 5.74) is 0. The van der Waals surface area contributed by atoms with E-state index in [2.05, 4.69) is 25.7 Å². The maximum Gasteiger partial charge on any atom is 0.00700 e. The SMILES string of the molecule is CCCN1CC(C)C[C@H]1C. The molecular weight excluding hydrogens is 122 g/mol. The molecule has 1 nitrogen and oxygen atoms in total. The summed E-state index contributed by atoms with van der Waals surface area (Å²) in [5, 5.41) is 0. The van der Waals surface area contributed by atoms with Crippen molar-refractivity contribution in [2.75, 3.05) is 13.1 Å². The minimum Gasteiger partial charge on any atom is -0.300 e. The van der Waals surface area contributed by atoms with Gasteiger partial charge in [0.1, 0.15) is 0 Å². The van der Waals surface area contributed by atoms with Crippen molar-refractivity contribution in [2.24, 2.45) is 5.92 Å². The monoisotopic (exact) mass is 141 g/mol. The summed E-state index contributed by atoms with van der Waals surface area (Å²) >= 11 is 0. The van der Waals surface area contributed by atoms with E-state index in [9.17, 15) is 0 Å². The van der Waals surface area contributed by atoms with Crippen LogP contribution >= 0.6 is 0 Å². The lowest BCUT2D eigenvalue weighted by Gasteiger charge is -2.19. The van der Waals surface area contributed by atoms with Crippen LogP contribution in [0, 0.1) is 5.92 Å².